The largest absolute Gasteiger partial charge is 0.497 e. The number of nitriles is 1. The number of piperidine rings is 2. The normalized spacial score (nSPS) is 20.1. The monoisotopic (exact) mass is 716 g/mol. The Hall–Kier alpha value is -4.87. The highest BCUT2D eigenvalue weighted by Crippen LogP contribution is 2.50. The summed E-state index contributed by atoms with van der Waals surface area (Å²) >= 11 is 0. The van der Waals surface area contributed by atoms with Gasteiger partial charge in [-0.25, -0.2) is 18.2 Å². The molecule has 1 unspecified atom stereocenters. The van der Waals surface area contributed by atoms with Crippen molar-refractivity contribution < 1.29 is 32.2 Å². The number of hydrogen-bond acceptors (Lipinski definition) is 10. The first-order valence-electron chi connectivity index (χ1n) is 17.4. The number of pyridine rings is 1. The molecule has 51 heavy (non-hydrogen) atoms. The topological polar surface area (TPSA) is 154 Å². The summed E-state index contributed by atoms with van der Waals surface area (Å²) < 4.78 is 46.5. The molecule has 14 heteroatoms. The second kappa shape index (κ2) is 14.8. The van der Waals surface area contributed by atoms with E-state index in [0.29, 0.717) is 35.0 Å². The molecule has 3 amide bonds. The van der Waals surface area contributed by atoms with E-state index in [9.17, 15) is 18.5 Å². The minimum absolute atomic E-state index is 0.0272. The summed E-state index contributed by atoms with van der Waals surface area (Å²) in [5.74, 6) is 0.474. The molecule has 3 aliphatic rings. The van der Waals surface area contributed by atoms with Crippen LogP contribution in [-0.4, -0.2) is 88.7 Å². The van der Waals surface area contributed by atoms with Crippen LogP contribution in [0.4, 0.5) is 10.5 Å². The Morgan fingerprint density at radius 1 is 0.980 bits per heavy atom. The summed E-state index contributed by atoms with van der Waals surface area (Å²) in [6, 6.07) is 13.2. The predicted molar refractivity (Wildman–Crippen MR) is 189 cm³/mol. The molecule has 13 nitrogen and oxygen atoms in total. The number of likely N-dealkylation sites (tertiary alicyclic amines) is 2. The zero-order chi connectivity index (χ0) is 36.3. The van der Waals surface area contributed by atoms with Gasteiger partial charge in [-0.15, -0.1) is 0 Å². The molecule has 0 bridgehead atoms. The molecule has 0 saturated carbocycles. The number of carbonyl (C=O) groups is 2. The van der Waals surface area contributed by atoms with Crippen LogP contribution in [0.2, 0.25) is 0 Å². The lowest BCUT2D eigenvalue weighted by molar-refractivity contribution is -0.121. The molecular weight excluding hydrogens is 673 g/mol. The van der Waals surface area contributed by atoms with Crippen LogP contribution in [0, 0.1) is 23.2 Å². The van der Waals surface area contributed by atoms with Crippen LogP contribution in [0.15, 0.2) is 59.6 Å². The number of benzene rings is 2. The lowest BCUT2D eigenvalue weighted by Gasteiger charge is -2.41. The molecule has 2 fully saturated rings. The quantitative estimate of drug-likeness (QED) is 0.317. The molecule has 6 rings (SSSR count). The van der Waals surface area contributed by atoms with Gasteiger partial charge in [0.15, 0.2) is 5.54 Å². The van der Waals surface area contributed by atoms with E-state index in [-0.39, 0.29) is 45.5 Å². The van der Waals surface area contributed by atoms with Gasteiger partial charge in [-0.3, -0.25) is 4.79 Å². The van der Waals surface area contributed by atoms with Gasteiger partial charge in [0.1, 0.15) is 16.4 Å². The zero-order valence-corrected chi connectivity index (χ0v) is 30.2. The minimum Gasteiger partial charge on any atom is -0.497 e. The van der Waals surface area contributed by atoms with Crippen LogP contribution in [0.25, 0.3) is 0 Å². The van der Waals surface area contributed by atoms with Crippen molar-refractivity contribution in [3.8, 4) is 23.4 Å². The first-order valence-corrected chi connectivity index (χ1v) is 18.8. The van der Waals surface area contributed by atoms with Gasteiger partial charge < -0.3 is 29.3 Å². The lowest BCUT2D eigenvalue weighted by Crippen LogP contribution is -2.58. The van der Waals surface area contributed by atoms with Gasteiger partial charge in [0.05, 0.1) is 43.7 Å². The summed E-state index contributed by atoms with van der Waals surface area (Å²) in [6.07, 6.45) is 5.43. The van der Waals surface area contributed by atoms with Crippen molar-refractivity contribution in [3.63, 3.8) is 0 Å². The molecule has 1 atom stereocenters. The second-order valence-corrected chi connectivity index (χ2v) is 14.8. The molecule has 4 heterocycles. The number of amides is 3. The van der Waals surface area contributed by atoms with E-state index in [0.717, 1.165) is 45.3 Å². The van der Waals surface area contributed by atoms with Crippen LogP contribution >= 0.6 is 0 Å². The molecule has 0 radical (unpaired) electrons. The summed E-state index contributed by atoms with van der Waals surface area (Å²) in [5, 5.41) is 12.9. The van der Waals surface area contributed by atoms with E-state index in [4.69, 9.17) is 14.2 Å². The van der Waals surface area contributed by atoms with Crippen molar-refractivity contribution in [2.24, 2.45) is 11.8 Å². The molecule has 270 valence electrons. The third kappa shape index (κ3) is 6.45. The molecule has 0 aliphatic carbocycles. The average Bonchev–Trinajstić information content (AvgIpc) is 3.42. The molecule has 1 aromatic heterocycles. The Labute approximate surface area is 299 Å². The molecule has 3 aliphatic heterocycles. The fourth-order valence-corrected chi connectivity index (χ4v) is 9.32. The first-order chi connectivity index (χ1) is 24.6. The number of ether oxygens (including phenoxy) is 3. The number of carbonyl (C=O) groups excluding carboxylic acids is 2. The van der Waals surface area contributed by atoms with Gasteiger partial charge in [0.2, 0.25) is 5.88 Å². The minimum atomic E-state index is -4.69. The molecule has 0 spiro atoms. The summed E-state index contributed by atoms with van der Waals surface area (Å²) in [4.78, 5) is 37.8. The van der Waals surface area contributed by atoms with E-state index in [1.807, 2.05) is 0 Å². The molecule has 2 saturated heterocycles. The number of urea groups is 1. The van der Waals surface area contributed by atoms with E-state index >= 15 is 4.79 Å². The van der Waals surface area contributed by atoms with E-state index in [1.54, 1.807) is 24.0 Å². The number of sulfonamides is 1. The van der Waals surface area contributed by atoms with Crippen molar-refractivity contribution >= 4 is 27.6 Å². The number of aromatic nitrogens is 1. The van der Waals surface area contributed by atoms with Gasteiger partial charge in [0, 0.05) is 30.9 Å². The molecular formula is C37H44N6O7S. The van der Waals surface area contributed by atoms with Crippen LogP contribution in [0.1, 0.15) is 56.2 Å². The molecule has 1 N–H and O–H groups in total. The number of hydrogen-bond donors (Lipinski definition) is 1. The summed E-state index contributed by atoms with van der Waals surface area (Å²) in [7, 11) is -1.93. The van der Waals surface area contributed by atoms with Gasteiger partial charge in [-0.2, -0.15) is 9.57 Å². The Kier molecular flexibility index (Phi) is 10.4. The Bertz CT molecular complexity index is 1930. The highest BCUT2D eigenvalue weighted by atomic mass is 32.2. The summed E-state index contributed by atoms with van der Waals surface area (Å²) in [5.41, 5.74) is -1.76. The third-order valence-electron chi connectivity index (χ3n) is 10.5. The van der Waals surface area contributed by atoms with Crippen molar-refractivity contribution in [3.05, 3.63) is 71.4 Å². The van der Waals surface area contributed by atoms with Gasteiger partial charge >= 0.3 is 6.03 Å². The third-order valence-corrected chi connectivity index (χ3v) is 12.2. The van der Waals surface area contributed by atoms with E-state index < -0.39 is 27.5 Å². The Balaban J connectivity index is 1.43. The van der Waals surface area contributed by atoms with Crippen molar-refractivity contribution in [2.75, 3.05) is 57.9 Å². The maximum atomic E-state index is 15.2. The van der Waals surface area contributed by atoms with Gasteiger partial charge in [-0.05, 0) is 107 Å². The maximum absolute atomic E-state index is 15.2. The second-order valence-electron chi connectivity index (χ2n) is 13.0. The molecule has 2 aromatic carbocycles. The Morgan fingerprint density at radius 2 is 1.69 bits per heavy atom. The van der Waals surface area contributed by atoms with Crippen LogP contribution < -0.4 is 23.8 Å². The summed E-state index contributed by atoms with van der Waals surface area (Å²) in [6.45, 7) is 8.32. The number of anilines is 1. The maximum Gasteiger partial charge on any atom is 0.318 e. The van der Waals surface area contributed by atoms with E-state index in [2.05, 4.69) is 28.2 Å². The SMILES string of the molecule is CCOc1ncccc1C1(NC(=O)N2CCC(C3CCN(CC)CC3)CC2)C(=O)N(S(=O)(=O)c2ccc(OC)cc2OC)c2ccc(C#N)cc21. The standard InChI is InChI=1S/C37H44N6O7S/c1-5-41-18-13-26(14-19-41)27-15-20-42(21-16-27)36(45)40-37(29-8-7-17-39-34(29)50-6-2)30-22-25(24-38)9-11-31(30)43(35(37)44)51(46,47)33-12-10-28(48-3)23-32(33)49-4/h7-12,17,22-23,26-27H,5-6,13-16,18-21H2,1-4H3,(H,40,45). The fourth-order valence-electron chi connectivity index (χ4n) is 7.72. The van der Waals surface area contributed by atoms with Crippen LogP contribution in [0.3, 0.4) is 0 Å². The van der Waals surface area contributed by atoms with Gasteiger partial charge in [-0.1, -0.05) is 6.92 Å². The fraction of sp³-hybridized carbons (Fsp3) is 0.459. The smallest absolute Gasteiger partial charge is 0.318 e. The van der Waals surface area contributed by atoms with Crippen molar-refractivity contribution in [2.45, 2.75) is 50.0 Å². The average molecular weight is 717 g/mol. The van der Waals surface area contributed by atoms with Crippen LogP contribution in [0.5, 0.6) is 17.4 Å². The highest BCUT2D eigenvalue weighted by molar-refractivity contribution is 7.93. The molecule has 3 aromatic rings. The Morgan fingerprint density at radius 3 is 2.31 bits per heavy atom. The predicted octanol–water partition coefficient (Wildman–Crippen LogP) is 4.50. The number of nitrogens with one attached hydrogen (secondary N) is 1. The zero-order valence-electron chi connectivity index (χ0n) is 29.4. The lowest BCUT2D eigenvalue weighted by atomic mass is 9.79. The van der Waals surface area contributed by atoms with Crippen molar-refractivity contribution in [1.29, 1.82) is 5.26 Å². The van der Waals surface area contributed by atoms with Crippen molar-refractivity contribution in [1.82, 2.24) is 20.1 Å². The number of fused-ring (bicyclic) bond motifs is 1. The van der Waals surface area contributed by atoms with Crippen LogP contribution in [-0.2, 0) is 20.4 Å². The number of nitrogens with zero attached hydrogens (tertiary/aromatic N) is 5. The van der Waals surface area contributed by atoms with E-state index in [1.165, 1.54) is 56.8 Å². The first kappa shape index (κ1) is 35.9. The van der Waals surface area contributed by atoms with Gasteiger partial charge in [0.25, 0.3) is 15.9 Å². The number of rotatable bonds is 10. The highest BCUT2D eigenvalue weighted by Gasteiger charge is 2.59. The number of methoxy groups -OCH3 is 2.